The molecule has 0 aromatic heterocycles. The highest BCUT2D eigenvalue weighted by molar-refractivity contribution is 8.14. The Kier molecular flexibility index (Phi) is 5.40. The van der Waals surface area contributed by atoms with Gasteiger partial charge in [-0.15, -0.1) is 5.10 Å². The second-order valence-corrected chi connectivity index (χ2v) is 7.71. The number of methoxy groups -OCH3 is 1. The number of ether oxygens (including phenoxy) is 1. The molecule has 1 atom stereocenters. The number of nitrogens with two attached hydrogens (primary N) is 1. The van der Waals surface area contributed by atoms with E-state index in [2.05, 4.69) is 34.3 Å². The van der Waals surface area contributed by atoms with Gasteiger partial charge in [-0.2, -0.15) is 5.17 Å². The summed E-state index contributed by atoms with van der Waals surface area (Å²) in [7, 11) is 1.69. The van der Waals surface area contributed by atoms with E-state index < -0.39 is 0 Å². The van der Waals surface area contributed by atoms with Crippen molar-refractivity contribution in [3.63, 3.8) is 0 Å². The van der Waals surface area contributed by atoms with Crippen LogP contribution >= 0.6 is 11.8 Å². The Labute approximate surface area is 163 Å². The lowest BCUT2D eigenvalue weighted by Crippen LogP contribution is -2.39. The average Bonchev–Trinajstić information content (AvgIpc) is 3.09. The zero-order chi connectivity index (χ0) is 18.6. The summed E-state index contributed by atoms with van der Waals surface area (Å²) in [6.45, 7) is 1.90. The monoisotopic (exact) mass is 384 g/mol. The van der Waals surface area contributed by atoms with E-state index in [1.165, 1.54) is 17.4 Å². The highest BCUT2D eigenvalue weighted by Gasteiger charge is 2.32. The number of benzene rings is 2. The van der Waals surface area contributed by atoms with Crippen molar-refractivity contribution in [2.24, 2.45) is 10.8 Å². The van der Waals surface area contributed by atoms with Crippen LogP contribution in [0, 0.1) is 0 Å². The Bertz CT molecular complexity index is 776. The molecule has 0 radical (unpaired) electrons. The van der Waals surface area contributed by atoms with E-state index in [0.717, 1.165) is 37.2 Å². The normalized spacial score (nSPS) is 20.6. The van der Waals surface area contributed by atoms with Crippen LogP contribution in [0.2, 0.25) is 0 Å². The van der Waals surface area contributed by atoms with Crippen LogP contribution in [0.1, 0.15) is 23.8 Å². The van der Waals surface area contributed by atoms with Gasteiger partial charge >= 0.3 is 0 Å². The van der Waals surface area contributed by atoms with Crippen LogP contribution in [0.5, 0.6) is 5.75 Å². The average molecular weight is 385 g/mol. The Morgan fingerprint density at radius 3 is 2.41 bits per heavy atom. The molecule has 2 heterocycles. The fourth-order valence-electron chi connectivity index (χ4n) is 3.39. The maximum atomic E-state index is 6.21. The minimum Gasteiger partial charge on any atom is -0.497 e. The van der Waals surface area contributed by atoms with Gasteiger partial charge in [-0.3, -0.25) is 4.84 Å². The van der Waals surface area contributed by atoms with Gasteiger partial charge in [0.1, 0.15) is 5.75 Å². The molecule has 2 aliphatic heterocycles. The predicted octanol–water partition coefficient (Wildman–Crippen LogP) is 3.57. The standard InChI is InChI=1S/C20H24N4O2S/c1-25-17-9-7-16(8-10-17)23-13-11-18(12-14-23)26-24-19(27-20(21)22-24)15-5-3-2-4-6-15/h2-10,18-19H,11-14H2,1H3,(H2,21,22). The first-order valence-corrected chi connectivity index (χ1v) is 10.0. The summed E-state index contributed by atoms with van der Waals surface area (Å²) in [6.07, 6.45) is 2.04. The molecule has 7 heteroatoms. The highest BCUT2D eigenvalue weighted by atomic mass is 32.2. The summed E-state index contributed by atoms with van der Waals surface area (Å²) in [5, 5.41) is 6.58. The molecule has 4 rings (SSSR count). The molecule has 6 nitrogen and oxygen atoms in total. The molecule has 2 N–H and O–H groups in total. The number of piperidine rings is 1. The third-order valence-corrected chi connectivity index (χ3v) is 5.85. The third-order valence-electron chi connectivity index (χ3n) is 4.85. The number of nitrogens with zero attached hydrogens (tertiary/aromatic N) is 3. The molecular formula is C20H24N4O2S. The lowest BCUT2D eigenvalue weighted by atomic mass is 10.1. The maximum absolute atomic E-state index is 6.21. The Morgan fingerprint density at radius 2 is 1.74 bits per heavy atom. The second kappa shape index (κ2) is 8.10. The van der Waals surface area contributed by atoms with Gasteiger partial charge in [0.05, 0.1) is 13.2 Å². The van der Waals surface area contributed by atoms with Crippen LogP contribution in [0.25, 0.3) is 0 Å². The van der Waals surface area contributed by atoms with E-state index >= 15 is 0 Å². The number of anilines is 1. The number of thioether (sulfide) groups is 1. The minimum absolute atomic E-state index is 0.0224. The number of hydroxylamine groups is 1. The second-order valence-electron chi connectivity index (χ2n) is 6.61. The summed E-state index contributed by atoms with van der Waals surface area (Å²) in [5.74, 6) is 0.880. The van der Waals surface area contributed by atoms with Crippen molar-refractivity contribution in [2.75, 3.05) is 25.1 Å². The van der Waals surface area contributed by atoms with Gasteiger partial charge in [-0.1, -0.05) is 42.1 Å². The summed E-state index contributed by atoms with van der Waals surface area (Å²) < 4.78 is 5.23. The van der Waals surface area contributed by atoms with Crippen molar-refractivity contribution in [3.05, 3.63) is 60.2 Å². The Hall–Kier alpha value is -2.38. The van der Waals surface area contributed by atoms with Crippen LogP contribution in [0.4, 0.5) is 5.69 Å². The van der Waals surface area contributed by atoms with Gasteiger partial charge in [0.2, 0.25) is 0 Å². The molecule has 27 heavy (non-hydrogen) atoms. The summed E-state index contributed by atoms with van der Waals surface area (Å²) in [5.41, 5.74) is 8.31. The third kappa shape index (κ3) is 4.14. The van der Waals surface area contributed by atoms with Crippen molar-refractivity contribution < 1.29 is 9.57 Å². The maximum Gasteiger partial charge on any atom is 0.183 e. The van der Waals surface area contributed by atoms with Crippen LogP contribution in [0.15, 0.2) is 59.7 Å². The zero-order valence-electron chi connectivity index (χ0n) is 15.3. The fourth-order valence-corrected chi connectivity index (χ4v) is 4.23. The lowest BCUT2D eigenvalue weighted by Gasteiger charge is -2.35. The van der Waals surface area contributed by atoms with E-state index in [-0.39, 0.29) is 11.5 Å². The number of hydrogen-bond donors (Lipinski definition) is 1. The molecule has 0 saturated carbocycles. The lowest BCUT2D eigenvalue weighted by molar-refractivity contribution is -0.209. The van der Waals surface area contributed by atoms with Crippen molar-refractivity contribution >= 4 is 22.6 Å². The first-order valence-electron chi connectivity index (χ1n) is 9.13. The molecule has 2 aromatic rings. The largest absolute Gasteiger partial charge is 0.497 e. The molecule has 1 fully saturated rings. The quantitative estimate of drug-likeness (QED) is 0.850. The smallest absolute Gasteiger partial charge is 0.183 e. The summed E-state index contributed by atoms with van der Waals surface area (Å²) in [6, 6.07) is 18.4. The first-order chi connectivity index (χ1) is 13.2. The molecule has 0 aliphatic carbocycles. The topological polar surface area (TPSA) is 63.3 Å². The van der Waals surface area contributed by atoms with E-state index in [4.69, 9.17) is 15.3 Å². The Morgan fingerprint density at radius 1 is 1.04 bits per heavy atom. The predicted molar refractivity (Wildman–Crippen MR) is 110 cm³/mol. The number of amidine groups is 1. The van der Waals surface area contributed by atoms with Crippen LogP contribution < -0.4 is 15.4 Å². The highest BCUT2D eigenvalue weighted by Crippen LogP contribution is 2.39. The Balaban J connectivity index is 1.35. The molecule has 0 bridgehead atoms. The van der Waals surface area contributed by atoms with Gasteiger partial charge in [-0.05, 0) is 42.7 Å². The van der Waals surface area contributed by atoms with Gasteiger partial charge < -0.3 is 15.4 Å². The van der Waals surface area contributed by atoms with Crippen LogP contribution in [-0.4, -0.2) is 36.6 Å². The first kappa shape index (κ1) is 18.0. The molecule has 0 spiro atoms. The van der Waals surface area contributed by atoms with Crippen LogP contribution in [-0.2, 0) is 4.84 Å². The molecule has 2 aliphatic rings. The van der Waals surface area contributed by atoms with Crippen LogP contribution in [0.3, 0.4) is 0 Å². The fraction of sp³-hybridized carbons (Fsp3) is 0.350. The molecule has 1 unspecified atom stereocenters. The zero-order valence-corrected chi connectivity index (χ0v) is 16.1. The van der Waals surface area contributed by atoms with E-state index in [9.17, 15) is 0 Å². The van der Waals surface area contributed by atoms with Crippen molar-refractivity contribution in [3.8, 4) is 5.75 Å². The number of hydrogen-bond acceptors (Lipinski definition) is 7. The molecule has 0 amide bonds. The SMILES string of the molecule is COc1ccc(N2CCC(ON3N=C(N)SC3c3ccccc3)CC2)cc1. The van der Waals surface area contributed by atoms with Crippen molar-refractivity contribution in [2.45, 2.75) is 24.3 Å². The van der Waals surface area contributed by atoms with Crippen molar-refractivity contribution in [1.29, 1.82) is 0 Å². The molecule has 1 saturated heterocycles. The van der Waals surface area contributed by atoms with Gasteiger partial charge in [0, 0.05) is 18.8 Å². The van der Waals surface area contributed by atoms with E-state index in [0.29, 0.717) is 5.17 Å². The van der Waals surface area contributed by atoms with Gasteiger partial charge in [0.15, 0.2) is 10.5 Å². The molecular weight excluding hydrogens is 360 g/mol. The molecule has 2 aromatic carbocycles. The number of rotatable bonds is 5. The van der Waals surface area contributed by atoms with E-state index in [1.54, 1.807) is 12.3 Å². The molecule has 142 valence electrons. The van der Waals surface area contributed by atoms with E-state index in [1.807, 2.05) is 30.3 Å². The van der Waals surface area contributed by atoms with Gasteiger partial charge in [-0.25, -0.2) is 0 Å². The number of hydrazone groups is 1. The van der Waals surface area contributed by atoms with Gasteiger partial charge in [0.25, 0.3) is 0 Å². The van der Waals surface area contributed by atoms with Crippen molar-refractivity contribution in [1.82, 2.24) is 5.17 Å². The minimum atomic E-state index is -0.0224. The summed E-state index contributed by atoms with van der Waals surface area (Å²) >= 11 is 1.52. The summed E-state index contributed by atoms with van der Waals surface area (Å²) in [4.78, 5) is 8.59.